The number of fused-ring (bicyclic) bond motifs is 1. The van der Waals surface area contributed by atoms with Crippen LogP contribution < -0.4 is 4.74 Å². The minimum absolute atomic E-state index is 0.0254. The highest BCUT2D eigenvalue weighted by atomic mass is 79.9. The molecule has 0 N–H and O–H groups in total. The van der Waals surface area contributed by atoms with Gasteiger partial charge in [0.15, 0.2) is 0 Å². The van der Waals surface area contributed by atoms with Crippen LogP contribution >= 0.6 is 27.5 Å². The molecule has 3 aromatic rings. The van der Waals surface area contributed by atoms with Crippen molar-refractivity contribution in [2.24, 2.45) is 0 Å². The third-order valence-corrected chi connectivity index (χ3v) is 4.90. The largest absolute Gasteiger partial charge is 0.494 e. The summed E-state index contributed by atoms with van der Waals surface area (Å²) in [6.07, 6.45) is 0.0618. The molecule has 0 saturated heterocycles. The summed E-state index contributed by atoms with van der Waals surface area (Å²) in [6.45, 7) is 2.11. The molecule has 0 unspecified atom stereocenters. The van der Waals surface area contributed by atoms with E-state index in [0.29, 0.717) is 17.2 Å². The molecule has 3 aromatic carbocycles. The van der Waals surface area contributed by atoms with E-state index in [2.05, 4.69) is 15.9 Å². The molecule has 5 heteroatoms. The lowest BCUT2D eigenvalue weighted by Gasteiger charge is -2.12. The maximum absolute atomic E-state index is 14.3. The molecule has 0 radical (unpaired) electrons. The minimum Gasteiger partial charge on any atom is -0.494 e. The third-order valence-electron chi connectivity index (χ3n) is 3.80. The first kappa shape index (κ1) is 17.2. The summed E-state index contributed by atoms with van der Waals surface area (Å²) in [6, 6.07) is 11.8. The predicted octanol–water partition coefficient (Wildman–Crippen LogP) is 6.52. The maximum Gasteiger partial charge on any atom is 0.133 e. The second kappa shape index (κ2) is 7.08. The Kier molecular flexibility index (Phi) is 5.07. The summed E-state index contributed by atoms with van der Waals surface area (Å²) in [5.74, 6) is -1.10. The van der Waals surface area contributed by atoms with Gasteiger partial charge in [0, 0.05) is 34.0 Å². The van der Waals surface area contributed by atoms with Crippen molar-refractivity contribution < 1.29 is 13.5 Å². The highest BCUT2D eigenvalue weighted by Gasteiger charge is 2.16. The summed E-state index contributed by atoms with van der Waals surface area (Å²) in [7, 11) is 0. The van der Waals surface area contributed by atoms with Gasteiger partial charge in [0.1, 0.15) is 17.4 Å². The Morgan fingerprint density at radius 3 is 2.29 bits per heavy atom. The summed E-state index contributed by atoms with van der Waals surface area (Å²) < 4.78 is 34.6. The van der Waals surface area contributed by atoms with Crippen molar-refractivity contribution in [2.45, 2.75) is 13.3 Å². The number of rotatable bonds is 4. The molecule has 0 atom stereocenters. The number of benzene rings is 3. The number of halogens is 4. The number of hydrogen-bond acceptors (Lipinski definition) is 1. The molecular formula is C19H14BrClF2O. The van der Waals surface area contributed by atoms with Crippen LogP contribution in [0.25, 0.3) is 10.8 Å². The molecule has 124 valence electrons. The zero-order valence-electron chi connectivity index (χ0n) is 12.9. The maximum atomic E-state index is 14.3. The molecule has 0 saturated carbocycles. The van der Waals surface area contributed by atoms with Gasteiger partial charge in [-0.3, -0.25) is 0 Å². The highest BCUT2D eigenvalue weighted by Crippen LogP contribution is 2.35. The van der Waals surface area contributed by atoms with E-state index < -0.39 is 11.6 Å². The Labute approximate surface area is 152 Å². The van der Waals surface area contributed by atoms with Crippen LogP contribution in [0.4, 0.5) is 8.78 Å². The van der Waals surface area contributed by atoms with Crippen LogP contribution in [0.15, 0.2) is 46.9 Å². The fraction of sp³-hybridized carbons (Fsp3) is 0.158. The Hall–Kier alpha value is -1.65. The van der Waals surface area contributed by atoms with Crippen molar-refractivity contribution in [1.82, 2.24) is 0 Å². The van der Waals surface area contributed by atoms with Crippen LogP contribution in [0.1, 0.15) is 18.1 Å². The molecular weight excluding hydrogens is 398 g/mol. The molecule has 0 aliphatic carbocycles. The van der Waals surface area contributed by atoms with Gasteiger partial charge in [-0.05, 0) is 23.9 Å². The monoisotopic (exact) mass is 410 g/mol. The van der Waals surface area contributed by atoms with Gasteiger partial charge in [0.05, 0.1) is 11.6 Å². The molecule has 3 rings (SSSR count). The molecule has 0 aromatic heterocycles. The molecule has 0 spiro atoms. The van der Waals surface area contributed by atoms with Crippen LogP contribution in [0.2, 0.25) is 5.02 Å². The van der Waals surface area contributed by atoms with E-state index in [1.165, 1.54) is 12.1 Å². The van der Waals surface area contributed by atoms with Crippen molar-refractivity contribution >= 4 is 38.3 Å². The smallest absolute Gasteiger partial charge is 0.133 e. The lowest BCUT2D eigenvalue weighted by Crippen LogP contribution is -2.01. The molecule has 0 amide bonds. The average Bonchev–Trinajstić information content (AvgIpc) is 2.55. The summed E-state index contributed by atoms with van der Waals surface area (Å²) in [4.78, 5) is 0. The fourth-order valence-electron chi connectivity index (χ4n) is 2.67. The van der Waals surface area contributed by atoms with E-state index in [1.54, 1.807) is 13.0 Å². The van der Waals surface area contributed by atoms with Crippen LogP contribution in [0.5, 0.6) is 5.75 Å². The first-order valence-electron chi connectivity index (χ1n) is 7.47. The van der Waals surface area contributed by atoms with Crippen molar-refractivity contribution in [3.8, 4) is 5.75 Å². The zero-order chi connectivity index (χ0) is 17.3. The lowest BCUT2D eigenvalue weighted by molar-refractivity contribution is 0.335. The van der Waals surface area contributed by atoms with Gasteiger partial charge in [0.2, 0.25) is 0 Å². The standard InChI is InChI=1S/C19H14BrClF2O/c1-2-24-12-9-17(22)15(18(23)10-12)7-11-8-16(20)13-5-3-4-6-14(13)19(11)21/h3-6,8-10H,2,7H2,1H3. The normalized spacial score (nSPS) is 11.0. The first-order chi connectivity index (χ1) is 11.5. The second-order valence-corrected chi connectivity index (χ2v) is 6.58. The SMILES string of the molecule is CCOc1cc(F)c(Cc2cc(Br)c3ccccc3c2Cl)c(F)c1. The molecule has 0 heterocycles. The van der Waals surface area contributed by atoms with Gasteiger partial charge in [-0.2, -0.15) is 0 Å². The van der Waals surface area contributed by atoms with Crippen LogP contribution in [-0.2, 0) is 6.42 Å². The second-order valence-electron chi connectivity index (χ2n) is 5.35. The topological polar surface area (TPSA) is 9.23 Å². The van der Waals surface area contributed by atoms with Crippen molar-refractivity contribution in [3.05, 3.63) is 74.7 Å². The molecule has 0 aliphatic heterocycles. The van der Waals surface area contributed by atoms with Crippen molar-refractivity contribution in [3.63, 3.8) is 0 Å². The molecule has 24 heavy (non-hydrogen) atoms. The van der Waals surface area contributed by atoms with E-state index in [0.717, 1.165) is 15.2 Å². The van der Waals surface area contributed by atoms with Crippen molar-refractivity contribution in [2.75, 3.05) is 6.61 Å². The Morgan fingerprint density at radius 1 is 1.04 bits per heavy atom. The molecule has 0 bridgehead atoms. The highest BCUT2D eigenvalue weighted by molar-refractivity contribution is 9.10. The summed E-state index contributed by atoms with van der Waals surface area (Å²) in [5.41, 5.74) is 0.631. The molecule has 0 fully saturated rings. The Morgan fingerprint density at radius 2 is 1.67 bits per heavy atom. The number of hydrogen-bond donors (Lipinski definition) is 0. The fourth-order valence-corrected chi connectivity index (χ4v) is 3.58. The third kappa shape index (κ3) is 3.26. The van der Waals surface area contributed by atoms with Gasteiger partial charge >= 0.3 is 0 Å². The van der Waals surface area contributed by atoms with Crippen LogP contribution in [0.3, 0.4) is 0 Å². The summed E-state index contributed by atoms with van der Waals surface area (Å²) >= 11 is 9.96. The first-order valence-corrected chi connectivity index (χ1v) is 8.64. The lowest BCUT2D eigenvalue weighted by atomic mass is 10.00. The predicted molar refractivity (Wildman–Crippen MR) is 97.0 cm³/mol. The molecule has 1 nitrogen and oxygen atoms in total. The Balaban J connectivity index is 2.06. The van der Waals surface area contributed by atoms with Gasteiger partial charge in [-0.1, -0.05) is 51.8 Å². The van der Waals surface area contributed by atoms with Gasteiger partial charge in [0.25, 0.3) is 0 Å². The quantitative estimate of drug-likeness (QED) is 0.474. The zero-order valence-corrected chi connectivity index (χ0v) is 15.2. The summed E-state index contributed by atoms with van der Waals surface area (Å²) in [5, 5.41) is 2.30. The van der Waals surface area contributed by atoms with Crippen LogP contribution in [0, 0.1) is 11.6 Å². The van der Waals surface area contributed by atoms with E-state index >= 15 is 0 Å². The van der Waals surface area contributed by atoms with E-state index in [4.69, 9.17) is 16.3 Å². The van der Waals surface area contributed by atoms with E-state index in [9.17, 15) is 8.78 Å². The number of ether oxygens (including phenoxy) is 1. The average molecular weight is 412 g/mol. The van der Waals surface area contributed by atoms with E-state index in [-0.39, 0.29) is 17.7 Å². The minimum atomic E-state index is -0.640. The van der Waals surface area contributed by atoms with Gasteiger partial charge in [-0.25, -0.2) is 8.78 Å². The molecule has 0 aliphatic rings. The van der Waals surface area contributed by atoms with Gasteiger partial charge < -0.3 is 4.74 Å². The van der Waals surface area contributed by atoms with Crippen molar-refractivity contribution in [1.29, 1.82) is 0 Å². The van der Waals surface area contributed by atoms with E-state index in [1.807, 2.05) is 24.3 Å². The van der Waals surface area contributed by atoms with Crippen LogP contribution in [-0.4, -0.2) is 6.61 Å². The Bertz CT molecular complexity index is 888. The van der Waals surface area contributed by atoms with Gasteiger partial charge in [-0.15, -0.1) is 0 Å².